The van der Waals surface area contributed by atoms with Gasteiger partial charge in [0.1, 0.15) is 5.75 Å². The van der Waals surface area contributed by atoms with Crippen molar-refractivity contribution >= 4 is 12.0 Å². The van der Waals surface area contributed by atoms with E-state index in [1.54, 1.807) is 24.2 Å². The van der Waals surface area contributed by atoms with Gasteiger partial charge in [0.15, 0.2) is 0 Å². The number of amides is 1. The zero-order chi connectivity index (χ0) is 13.0. The highest BCUT2D eigenvalue weighted by molar-refractivity contribution is 5.92. The topological polar surface area (TPSA) is 49.8 Å². The van der Waals surface area contributed by atoms with Gasteiger partial charge in [0.25, 0.3) is 0 Å². The predicted octanol–water partition coefficient (Wildman–Crippen LogP) is 1.16. The molecule has 1 saturated heterocycles. The minimum absolute atomic E-state index is 0.00415. The van der Waals surface area contributed by atoms with Crippen LogP contribution in [0.5, 0.6) is 5.75 Å². The number of nitrogens with zero attached hydrogens (tertiary/aromatic N) is 1. The average molecular weight is 247 g/mol. The van der Waals surface area contributed by atoms with Gasteiger partial charge >= 0.3 is 0 Å². The van der Waals surface area contributed by atoms with Gasteiger partial charge in [-0.25, -0.2) is 0 Å². The Morgan fingerprint density at radius 2 is 2.11 bits per heavy atom. The molecule has 0 aromatic heterocycles. The molecule has 0 unspecified atom stereocenters. The Morgan fingerprint density at radius 1 is 1.44 bits per heavy atom. The van der Waals surface area contributed by atoms with Gasteiger partial charge in [-0.05, 0) is 23.8 Å². The van der Waals surface area contributed by atoms with E-state index in [1.807, 2.05) is 24.3 Å². The quantitative estimate of drug-likeness (QED) is 0.812. The molecule has 96 valence electrons. The van der Waals surface area contributed by atoms with Gasteiger partial charge in [0, 0.05) is 31.7 Å². The molecule has 1 fully saturated rings. The van der Waals surface area contributed by atoms with Crippen LogP contribution in [0.25, 0.3) is 6.08 Å². The Hall–Kier alpha value is -1.81. The molecule has 2 rings (SSSR count). The molecule has 4 nitrogen and oxygen atoms in total. The summed E-state index contributed by atoms with van der Waals surface area (Å²) in [4.78, 5) is 13.4. The van der Waals surface area contributed by atoms with Gasteiger partial charge in [-0.3, -0.25) is 4.79 Å². The third-order valence-corrected chi connectivity index (χ3v) is 3.06. The van der Waals surface area contributed by atoms with Crippen molar-refractivity contribution < 1.29 is 14.6 Å². The normalized spacial score (nSPS) is 15.8. The smallest absolute Gasteiger partial charge is 0.246 e. The first-order valence-electron chi connectivity index (χ1n) is 5.95. The summed E-state index contributed by atoms with van der Waals surface area (Å²) in [6.07, 6.45) is 3.35. The number of carbonyl (C=O) groups is 1. The summed E-state index contributed by atoms with van der Waals surface area (Å²) >= 11 is 0. The molecule has 4 heteroatoms. The maximum absolute atomic E-state index is 11.7. The number of likely N-dealkylation sites (tertiary alicyclic amines) is 1. The number of methoxy groups -OCH3 is 1. The fourth-order valence-corrected chi connectivity index (χ4v) is 1.85. The third kappa shape index (κ3) is 2.90. The van der Waals surface area contributed by atoms with Gasteiger partial charge in [0.2, 0.25) is 5.91 Å². The number of aliphatic hydroxyl groups is 1. The van der Waals surface area contributed by atoms with E-state index in [0.29, 0.717) is 13.1 Å². The molecule has 0 spiro atoms. The highest BCUT2D eigenvalue weighted by Crippen LogP contribution is 2.16. The van der Waals surface area contributed by atoms with Crippen LogP contribution >= 0.6 is 0 Å². The van der Waals surface area contributed by atoms with Crippen LogP contribution in [-0.4, -0.2) is 42.7 Å². The maximum atomic E-state index is 11.7. The van der Waals surface area contributed by atoms with E-state index < -0.39 is 0 Å². The second-order valence-electron chi connectivity index (χ2n) is 4.40. The fraction of sp³-hybridized carbons (Fsp3) is 0.357. The summed E-state index contributed by atoms with van der Waals surface area (Å²) in [6, 6.07) is 7.51. The molecule has 18 heavy (non-hydrogen) atoms. The molecular weight excluding hydrogens is 230 g/mol. The van der Waals surface area contributed by atoms with Crippen molar-refractivity contribution in [3.05, 3.63) is 35.9 Å². The number of benzene rings is 1. The zero-order valence-electron chi connectivity index (χ0n) is 10.4. The Labute approximate surface area is 106 Å². The molecule has 0 atom stereocenters. The van der Waals surface area contributed by atoms with E-state index in [0.717, 1.165) is 11.3 Å². The fourth-order valence-electron chi connectivity index (χ4n) is 1.85. The summed E-state index contributed by atoms with van der Waals surface area (Å²) < 4.78 is 5.06. The lowest BCUT2D eigenvalue weighted by Gasteiger charge is -2.37. The molecule has 0 aliphatic carbocycles. The third-order valence-electron chi connectivity index (χ3n) is 3.06. The second kappa shape index (κ2) is 5.69. The van der Waals surface area contributed by atoms with E-state index >= 15 is 0 Å². The summed E-state index contributed by atoms with van der Waals surface area (Å²) in [5.41, 5.74) is 0.961. The summed E-state index contributed by atoms with van der Waals surface area (Å²) in [5, 5.41) is 8.88. The number of rotatable bonds is 4. The Kier molecular flexibility index (Phi) is 3.99. The highest BCUT2D eigenvalue weighted by atomic mass is 16.5. The van der Waals surface area contributed by atoms with Gasteiger partial charge in [-0.1, -0.05) is 12.1 Å². The predicted molar refractivity (Wildman–Crippen MR) is 69.2 cm³/mol. The Bertz CT molecular complexity index is 433. The van der Waals surface area contributed by atoms with Crippen LogP contribution in [0.15, 0.2) is 30.3 Å². The van der Waals surface area contributed by atoms with E-state index in [2.05, 4.69) is 0 Å². The van der Waals surface area contributed by atoms with E-state index in [1.165, 1.54) is 0 Å². The van der Waals surface area contributed by atoms with E-state index in [-0.39, 0.29) is 18.4 Å². The van der Waals surface area contributed by atoms with Crippen molar-refractivity contribution in [1.82, 2.24) is 4.90 Å². The van der Waals surface area contributed by atoms with Crippen molar-refractivity contribution in [2.75, 3.05) is 26.8 Å². The molecule has 1 aromatic carbocycles. The van der Waals surface area contributed by atoms with Crippen molar-refractivity contribution in [2.24, 2.45) is 5.92 Å². The zero-order valence-corrected chi connectivity index (χ0v) is 10.4. The van der Waals surface area contributed by atoms with E-state index in [4.69, 9.17) is 9.84 Å². The van der Waals surface area contributed by atoms with Gasteiger partial charge < -0.3 is 14.7 Å². The second-order valence-corrected chi connectivity index (χ2v) is 4.40. The molecule has 1 amide bonds. The van der Waals surface area contributed by atoms with Crippen molar-refractivity contribution in [2.45, 2.75) is 0 Å². The van der Waals surface area contributed by atoms with Gasteiger partial charge in [0.05, 0.1) is 7.11 Å². The van der Waals surface area contributed by atoms with Gasteiger partial charge in [-0.15, -0.1) is 0 Å². The Morgan fingerprint density at radius 3 is 2.67 bits per heavy atom. The highest BCUT2D eigenvalue weighted by Gasteiger charge is 2.28. The molecule has 1 heterocycles. The van der Waals surface area contributed by atoms with Gasteiger partial charge in [-0.2, -0.15) is 0 Å². The van der Waals surface area contributed by atoms with Crippen LogP contribution in [-0.2, 0) is 4.79 Å². The monoisotopic (exact) mass is 247 g/mol. The number of carbonyl (C=O) groups excluding carboxylic acids is 1. The first-order chi connectivity index (χ1) is 8.72. The number of hydrogen-bond acceptors (Lipinski definition) is 3. The lowest BCUT2D eigenvalue weighted by Crippen LogP contribution is -2.50. The van der Waals surface area contributed by atoms with Crippen LogP contribution in [0.2, 0.25) is 0 Å². The molecule has 1 aliphatic rings. The largest absolute Gasteiger partial charge is 0.497 e. The lowest BCUT2D eigenvalue weighted by atomic mass is 10.0. The van der Waals surface area contributed by atoms with Crippen LogP contribution < -0.4 is 4.74 Å². The standard InChI is InChI=1S/C14H17NO3/c1-18-13-5-2-11(3-6-13)4-7-14(17)15-8-12(9-15)10-16/h2-7,12,16H,8-10H2,1H3. The lowest BCUT2D eigenvalue weighted by molar-refractivity contribution is -0.132. The van der Waals surface area contributed by atoms with Crippen LogP contribution in [0.3, 0.4) is 0 Å². The van der Waals surface area contributed by atoms with E-state index in [9.17, 15) is 4.79 Å². The SMILES string of the molecule is COc1ccc(C=CC(=O)N2CC(CO)C2)cc1. The minimum atomic E-state index is -0.00415. The van der Waals surface area contributed by atoms with Crippen molar-refractivity contribution in [1.29, 1.82) is 0 Å². The molecular formula is C14H17NO3. The summed E-state index contributed by atoms with van der Waals surface area (Å²) in [6.45, 7) is 1.47. The number of hydrogen-bond donors (Lipinski definition) is 1. The van der Waals surface area contributed by atoms with Crippen molar-refractivity contribution in [3.8, 4) is 5.75 Å². The number of ether oxygens (including phenoxy) is 1. The molecule has 1 aliphatic heterocycles. The maximum Gasteiger partial charge on any atom is 0.246 e. The molecule has 0 bridgehead atoms. The Balaban J connectivity index is 1.88. The minimum Gasteiger partial charge on any atom is -0.497 e. The van der Waals surface area contributed by atoms with Crippen LogP contribution in [0.1, 0.15) is 5.56 Å². The molecule has 1 aromatic rings. The average Bonchev–Trinajstić information content (AvgIpc) is 2.36. The summed E-state index contributed by atoms with van der Waals surface area (Å²) in [5.74, 6) is 1.05. The molecule has 0 radical (unpaired) electrons. The number of aliphatic hydroxyl groups excluding tert-OH is 1. The van der Waals surface area contributed by atoms with Crippen LogP contribution in [0.4, 0.5) is 0 Å². The first-order valence-corrected chi connectivity index (χ1v) is 5.95. The summed E-state index contributed by atoms with van der Waals surface area (Å²) in [7, 11) is 1.62. The molecule has 1 N–H and O–H groups in total. The first kappa shape index (κ1) is 12.6. The molecule has 0 saturated carbocycles. The van der Waals surface area contributed by atoms with Crippen molar-refractivity contribution in [3.63, 3.8) is 0 Å². The van der Waals surface area contributed by atoms with Crippen LogP contribution in [0, 0.1) is 5.92 Å².